The van der Waals surface area contributed by atoms with Crippen molar-refractivity contribution in [2.45, 2.75) is 0 Å². The molecule has 0 aromatic carbocycles. The Morgan fingerprint density at radius 2 is 2.20 bits per heavy atom. The van der Waals surface area contributed by atoms with E-state index in [1.807, 2.05) is 6.07 Å². The number of fused-ring (bicyclic) bond motifs is 1. The normalized spacial score (nSPS) is 11.0. The van der Waals surface area contributed by atoms with E-state index in [4.69, 9.17) is 4.42 Å². The zero-order chi connectivity index (χ0) is 10.3. The quantitative estimate of drug-likeness (QED) is 0.607. The molecule has 4 heteroatoms. The summed E-state index contributed by atoms with van der Waals surface area (Å²) >= 11 is 0. The Morgan fingerprint density at radius 1 is 1.27 bits per heavy atom. The maximum Gasteiger partial charge on any atom is 0.181 e. The minimum Gasteiger partial charge on any atom is -0.443 e. The van der Waals surface area contributed by atoms with Gasteiger partial charge in [0.2, 0.25) is 0 Å². The summed E-state index contributed by atoms with van der Waals surface area (Å²) in [5.41, 5.74) is 1.81. The fourth-order valence-corrected chi connectivity index (χ4v) is 1.64. The van der Waals surface area contributed by atoms with E-state index in [2.05, 4.69) is 4.98 Å². The van der Waals surface area contributed by atoms with Crippen LogP contribution in [0.4, 0.5) is 4.39 Å². The van der Waals surface area contributed by atoms with Gasteiger partial charge < -0.3 is 8.82 Å². The highest BCUT2D eigenvalue weighted by atomic mass is 19.1. The third-order valence-electron chi connectivity index (χ3n) is 2.32. The Labute approximate surface area is 84.8 Å². The van der Waals surface area contributed by atoms with Gasteiger partial charge in [-0.15, -0.1) is 0 Å². The van der Waals surface area contributed by atoms with E-state index < -0.39 is 0 Å². The number of nitrogens with zero attached hydrogens (tertiary/aromatic N) is 2. The van der Waals surface area contributed by atoms with E-state index in [1.54, 1.807) is 22.9 Å². The first kappa shape index (κ1) is 8.23. The van der Waals surface area contributed by atoms with Gasteiger partial charge in [-0.05, 0) is 18.2 Å². The lowest BCUT2D eigenvalue weighted by molar-refractivity contribution is 0.572. The lowest BCUT2D eigenvalue weighted by atomic mass is 10.2. The van der Waals surface area contributed by atoms with Gasteiger partial charge in [0.05, 0.1) is 11.7 Å². The van der Waals surface area contributed by atoms with E-state index in [0.29, 0.717) is 5.76 Å². The van der Waals surface area contributed by atoms with Crippen LogP contribution in [0, 0.1) is 5.82 Å². The number of rotatable bonds is 1. The monoisotopic (exact) mass is 202 g/mol. The summed E-state index contributed by atoms with van der Waals surface area (Å²) in [6.07, 6.45) is 6.23. The molecule has 0 fully saturated rings. The minimum atomic E-state index is -0.262. The zero-order valence-corrected chi connectivity index (χ0v) is 7.72. The molecule has 3 nitrogen and oxygen atoms in total. The van der Waals surface area contributed by atoms with E-state index >= 15 is 0 Å². The third-order valence-corrected chi connectivity index (χ3v) is 2.32. The van der Waals surface area contributed by atoms with Crippen molar-refractivity contribution < 1.29 is 8.81 Å². The molecule has 0 amide bonds. The third kappa shape index (κ3) is 1.22. The van der Waals surface area contributed by atoms with E-state index in [0.717, 1.165) is 11.1 Å². The van der Waals surface area contributed by atoms with Crippen molar-refractivity contribution in [3.63, 3.8) is 0 Å². The Kier molecular flexibility index (Phi) is 1.62. The Morgan fingerprint density at radius 3 is 3.00 bits per heavy atom. The minimum absolute atomic E-state index is 0.262. The van der Waals surface area contributed by atoms with Crippen LogP contribution in [0.1, 0.15) is 0 Å². The maximum absolute atomic E-state index is 12.9. The highest BCUT2D eigenvalue weighted by molar-refractivity contribution is 5.77. The van der Waals surface area contributed by atoms with Crippen molar-refractivity contribution >= 4 is 5.52 Å². The molecular weight excluding hydrogens is 195 g/mol. The van der Waals surface area contributed by atoms with Gasteiger partial charge in [-0.25, -0.2) is 9.37 Å². The van der Waals surface area contributed by atoms with Crippen LogP contribution in [-0.4, -0.2) is 9.38 Å². The molecule has 0 unspecified atom stereocenters. The van der Waals surface area contributed by atoms with E-state index in [-0.39, 0.29) is 5.82 Å². The number of oxazole rings is 1. The van der Waals surface area contributed by atoms with Crippen LogP contribution >= 0.6 is 0 Å². The summed E-state index contributed by atoms with van der Waals surface area (Å²) in [5, 5.41) is 0. The SMILES string of the molecule is Fc1ccc2c(-c3cnco3)ccn2c1. The van der Waals surface area contributed by atoms with Gasteiger partial charge in [0, 0.05) is 18.0 Å². The van der Waals surface area contributed by atoms with Crippen molar-refractivity contribution in [1.82, 2.24) is 9.38 Å². The molecule has 0 aliphatic carbocycles. The van der Waals surface area contributed by atoms with Crippen molar-refractivity contribution in [2.24, 2.45) is 0 Å². The molecule has 0 bridgehead atoms. The predicted octanol–water partition coefficient (Wildman–Crippen LogP) is 2.73. The molecule has 74 valence electrons. The van der Waals surface area contributed by atoms with Crippen LogP contribution in [0.3, 0.4) is 0 Å². The molecule has 0 aliphatic rings. The molecule has 3 aromatic rings. The highest BCUT2D eigenvalue weighted by Crippen LogP contribution is 2.25. The van der Waals surface area contributed by atoms with Gasteiger partial charge in [0.1, 0.15) is 5.82 Å². The van der Waals surface area contributed by atoms with Crippen molar-refractivity contribution in [1.29, 1.82) is 0 Å². The van der Waals surface area contributed by atoms with Crippen molar-refractivity contribution in [2.75, 3.05) is 0 Å². The molecule has 3 rings (SSSR count). The van der Waals surface area contributed by atoms with Crippen LogP contribution in [0.5, 0.6) is 0 Å². The van der Waals surface area contributed by atoms with Crippen LogP contribution in [-0.2, 0) is 0 Å². The van der Waals surface area contributed by atoms with E-state index in [1.165, 1.54) is 18.7 Å². The van der Waals surface area contributed by atoms with Gasteiger partial charge in [0.25, 0.3) is 0 Å². The first-order valence-corrected chi connectivity index (χ1v) is 4.50. The Hall–Kier alpha value is -2.10. The summed E-state index contributed by atoms with van der Waals surface area (Å²) < 4.78 is 19.8. The molecule has 3 aromatic heterocycles. The fraction of sp³-hybridized carbons (Fsp3) is 0. The Bertz CT molecular complexity index is 598. The van der Waals surface area contributed by atoms with Crippen molar-refractivity contribution in [3.05, 3.63) is 49.0 Å². The second-order valence-electron chi connectivity index (χ2n) is 3.23. The summed E-state index contributed by atoms with van der Waals surface area (Å²) in [4.78, 5) is 3.85. The number of aromatic nitrogens is 2. The van der Waals surface area contributed by atoms with Gasteiger partial charge >= 0.3 is 0 Å². The zero-order valence-electron chi connectivity index (χ0n) is 7.72. The van der Waals surface area contributed by atoms with Crippen LogP contribution in [0.15, 0.2) is 47.6 Å². The molecule has 0 atom stereocenters. The number of pyridine rings is 1. The average Bonchev–Trinajstić information content (AvgIpc) is 2.82. The fourth-order valence-electron chi connectivity index (χ4n) is 1.64. The summed E-state index contributed by atoms with van der Waals surface area (Å²) in [7, 11) is 0. The standard InChI is InChI=1S/C11H7FN2O/c12-8-1-2-10-9(3-4-14(10)6-8)11-5-13-7-15-11/h1-7H. The first-order valence-electron chi connectivity index (χ1n) is 4.50. The molecule has 0 saturated heterocycles. The number of hydrogen-bond acceptors (Lipinski definition) is 2. The molecule has 0 N–H and O–H groups in total. The van der Waals surface area contributed by atoms with Gasteiger partial charge in [-0.3, -0.25) is 0 Å². The predicted molar refractivity (Wildman–Crippen MR) is 52.9 cm³/mol. The molecule has 0 spiro atoms. The highest BCUT2D eigenvalue weighted by Gasteiger charge is 2.07. The lowest BCUT2D eigenvalue weighted by Gasteiger charge is -1.96. The molecule has 0 radical (unpaired) electrons. The van der Waals surface area contributed by atoms with Gasteiger partial charge in [-0.2, -0.15) is 0 Å². The number of hydrogen-bond donors (Lipinski definition) is 0. The van der Waals surface area contributed by atoms with E-state index in [9.17, 15) is 4.39 Å². The van der Waals surface area contributed by atoms with Crippen LogP contribution < -0.4 is 0 Å². The molecule has 3 heterocycles. The van der Waals surface area contributed by atoms with Crippen LogP contribution in [0.25, 0.3) is 16.8 Å². The second kappa shape index (κ2) is 2.95. The lowest BCUT2D eigenvalue weighted by Crippen LogP contribution is -1.84. The summed E-state index contributed by atoms with van der Waals surface area (Å²) in [5.74, 6) is 0.423. The smallest absolute Gasteiger partial charge is 0.181 e. The molecule has 15 heavy (non-hydrogen) atoms. The van der Waals surface area contributed by atoms with Gasteiger partial charge in [-0.1, -0.05) is 0 Å². The van der Waals surface area contributed by atoms with Crippen molar-refractivity contribution in [3.8, 4) is 11.3 Å². The van der Waals surface area contributed by atoms with Gasteiger partial charge in [0.15, 0.2) is 12.2 Å². The van der Waals surface area contributed by atoms with Crippen LogP contribution in [0.2, 0.25) is 0 Å². The maximum atomic E-state index is 12.9. The topological polar surface area (TPSA) is 30.4 Å². The summed E-state index contributed by atoms with van der Waals surface area (Å²) in [6.45, 7) is 0. The first-order chi connectivity index (χ1) is 7.34. The number of halogens is 1. The molecular formula is C11H7FN2O. The Balaban J connectivity index is 2.29. The summed E-state index contributed by atoms with van der Waals surface area (Å²) in [6, 6.07) is 5.01. The molecule has 0 saturated carbocycles. The average molecular weight is 202 g/mol. The second-order valence-corrected chi connectivity index (χ2v) is 3.23. The largest absolute Gasteiger partial charge is 0.443 e. The molecule has 0 aliphatic heterocycles.